The van der Waals surface area contributed by atoms with Crippen LogP contribution in [0.4, 0.5) is 5.69 Å². The predicted octanol–water partition coefficient (Wildman–Crippen LogP) is 5.98. The first-order valence-electron chi connectivity index (χ1n) is 10.5. The van der Waals surface area contributed by atoms with E-state index in [1.165, 1.54) is 5.56 Å². The third-order valence-corrected chi connectivity index (χ3v) is 5.26. The third kappa shape index (κ3) is 5.18. The van der Waals surface area contributed by atoms with Gasteiger partial charge in [-0.25, -0.2) is 0 Å². The Kier molecular flexibility index (Phi) is 6.16. The number of aromatic hydroxyl groups is 1. The van der Waals surface area contributed by atoms with Gasteiger partial charge >= 0.3 is 0 Å². The van der Waals surface area contributed by atoms with Crippen LogP contribution in [0.2, 0.25) is 0 Å². The molecule has 1 aromatic carbocycles. The van der Waals surface area contributed by atoms with Crippen LogP contribution in [0, 0.1) is 0 Å². The highest BCUT2D eigenvalue weighted by Crippen LogP contribution is 2.42. The molecule has 0 bridgehead atoms. The van der Waals surface area contributed by atoms with E-state index in [0.717, 1.165) is 22.6 Å². The van der Waals surface area contributed by atoms with E-state index in [4.69, 9.17) is 0 Å². The van der Waals surface area contributed by atoms with E-state index in [-0.39, 0.29) is 10.8 Å². The molecule has 158 valence electrons. The molecule has 1 N–H and O–H groups in total. The highest BCUT2D eigenvalue weighted by Gasteiger charge is 2.27. The number of hydrogen-bond donors (Lipinski definition) is 1. The molecule has 0 aliphatic carbocycles. The van der Waals surface area contributed by atoms with Crippen LogP contribution in [0.5, 0.6) is 5.75 Å². The molecule has 0 fully saturated rings. The van der Waals surface area contributed by atoms with Crippen molar-refractivity contribution in [3.63, 3.8) is 0 Å². The topological polar surface area (TPSA) is 49.2 Å². The lowest BCUT2D eigenvalue weighted by Crippen LogP contribution is -2.25. The average molecular weight is 404 g/mol. The summed E-state index contributed by atoms with van der Waals surface area (Å²) in [5, 5.41) is 11.4. The zero-order valence-corrected chi connectivity index (χ0v) is 19.0. The number of phenols is 1. The lowest BCUT2D eigenvalue weighted by atomic mass is 9.79. The Hall–Kier alpha value is -2.88. The highest BCUT2D eigenvalue weighted by atomic mass is 16.3. The number of phenolic OH excluding ortho intramolecular Hbond substituents is 1. The maximum absolute atomic E-state index is 11.4. The fourth-order valence-electron chi connectivity index (χ4n) is 3.47. The van der Waals surface area contributed by atoms with Crippen molar-refractivity contribution in [3.05, 3.63) is 83.4 Å². The summed E-state index contributed by atoms with van der Waals surface area (Å²) in [4.78, 5) is 11.2. The number of hydrogen-bond acceptors (Lipinski definition) is 4. The normalized spacial score (nSPS) is 12.1. The van der Waals surface area contributed by atoms with E-state index >= 15 is 0 Å². The fraction of sp³-hybridized carbons (Fsp3) is 0.385. The second-order valence-corrected chi connectivity index (χ2v) is 9.89. The van der Waals surface area contributed by atoms with E-state index in [1.54, 1.807) is 12.4 Å². The molecule has 4 nitrogen and oxygen atoms in total. The zero-order chi connectivity index (χ0) is 21.9. The van der Waals surface area contributed by atoms with Crippen LogP contribution in [-0.2, 0) is 23.9 Å². The molecule has 0 amide bonds. The summed E-state index contributed by atoms with van der Waals surface area (Å²) < 4.78 is 0. The van der Waals surface area contributed by atoms with Crippen molar-refractivity contribution in [2.45, 2.75) is 65.5 Å². The summed E-state index contributed by atoms with van der Waals surface area (Å²) in [7, 11) is 0. The number of rotatable bonds is 5. The van der Waals surface area contributed by atoms with Crippen LogP contribution in [0.15, 0.2) is 60.9 Å². The van der Waals surface area contributed by atoms with Gasteiger partial charge in [0, 0.05) is 18.0 Å². The summed E-state index contributed by atoms with van der Waals surface area (Å²) in [6.45, 7) is 14.2. The number of pyridine rings is 2. The van der Waals surface area contributed by atoms with E-state index in [1.807, 2.05) is 36.4 Å². The van der Waals surface area contributed by atoms with Gasteiger partial charge in [-0.05, 0) is 46.7 Å². The maximum Gasteiger partial charge on any atom is 0.142 e. The van der Waals surface area contributed by atoms with Crippen LogP contribution in [0.3, 0.4) is 0 Å². The van der Waals surface area contributed by atoms with Crippen LogP contribution in [0.1, 0.15) is 64.1 Å². The predicted molar refractivity (Wildman–Crippen MR) is 124 cm³/mol. The Morgan fingerprint density at radius 3 is 1.70 bits per heavy atom. The lowest BCUT2D eigenvalue weighted by molar-refractivity contribution is 0.443. The van der Waals surface area contributed by atoms with Gasteiger partial charge in [0.05, 0.1) is 30.2 Å². The number of anilines is 1. The second-order valence-electron chi connectivity index (χ2n) is 9.89. The quantitative estimate of drug-likeness (QED) is 0.569. The number of nitrogens with zero attached hydrogens (tertiary/aromatic N) is 3. The van der Waals surface area contributed by atoms with E-state index < -0.39 is 0 Å². The molecule has 3 rings (SSSR count). The molecule has 4 heteroatoms. The average Bonchev–Trinajstić information content (AvgIpc) is 2.67. The van der Waals surface area contributed by atoms with Gasteiger partial charge in [-0.3, -0.25) is 9.97 Å². The summed E-state index contributed by atoms with van der Waals surface area (Å²) >= 11 is 0. The lowest BCUT2D eigenvalue weighted by Gasteiger charge is -2.32. The van der Waals surface area contributed by atoms with Crippen molar-refractivity contribution in [1.29, 1.82) is 0 Å². The smallest absolute Gasteiger partial charge is 0.142 e. The first-order chi connectivity index (χ1) is 14.1. The molecule has 0 saturated carbocycles. The van der Waals surface area contributed by atoms with Gasteiger partial charge in [-0.2, -0.15) is 0 Å². The van der Waals surface area contributed by atoms with Crippen molar-refractivity contribution in [2.24, 2.45) is 0 Å². The van der Waals surface area contributed by atoms with Crippen molar-refractivity contribution in [1.82, 2.24) is 9.97 Å². The van der Waals surface area contributed by atoms with Gasteiger partial charge in [0.25, 0.3) is 0 Å². The third-order valence-electron chi connectivity index (χ3n) is 5.26. The molecular formula is C26H33N3O. The monoisotopic (exact) mass is 403 g/mol. The van der Waals surface area contributed by atoms with Crippen LogP contribution >= 0.6 is 0 Å². The summed E-state index contributed by atoms with van der Waals surface area (Å²) in [5.41, 5.74) is 4.66. The second kappa shape index (κ2) is 8.47. The largest absolute Gasteiger partial charge is 0.505 e. The Bertz CT molecular complexity index is 929. The summed E-state index contributed by atoms with van der Waals surface area (Å²) in [6.07, 6.45) is 3.61. The van der Waals surface area contributed by atoms with Crippen LogP contribution in [-0.4, -0.2) is 15.1 Å². The Balaban J connectivity index is 2.15. The molecule has 2 aromatic heterocycles. The molecule has 0 aliphatic heterocycles. The SMILES string of the molecule is CC(C)(C)c1cc(N(Cc2ccccn2)Cc2ccccn2)c(O)c(C(C)(C)C)c1. The minimum absolute atomic E-state index is 0.0376. The van der Waals surface area contributed by atoms with Gasteiger partial charge < -0.3 is 10.0 Å². The molecule has 0 saturated heterocycles. The Morgan fingerprint density at radius 2 is 1.30 bits per heavy atom. The van der Waals surface area contributed by atoms with Gasteiger partial charge in [-0.1, -0.05) is 59.7 Å². The minimum Gasteiger partial charge on any atom is -0.505 e. The van der Waals surface area contributed by atoms with Gasteiger partial charge in [0.15, 0.2) is 0 Å². The molecular weight excluding hydrogens is 370 g/mol. The molecule has 0 atom stereocenters. The Morgan fingerprint density at radius 1 is 0.767 bits per heavy atom. The molecule has 3 aromatic rings. The summed E-state index contributed by atoms with van der Waals surface area (Å²) in [5.74, 6) is 0.336. The fourth-order valence-corrected chi connectivity index (χ4v) is 3.47. The minimum atomic E-state index is -0.179. The van der Waals surface area contributed by atoms with Gasteiger partial charge in [-0.15, -0.1) is 0 Å². The van der Waals surface area contributed by atoms with Crippen molar-refractivity contribution >= 4 is 5.69 Å². The Labute approximate surface area is 180 Å². The highest BCUT2D eigenvalue weighted by molar-refractivity contribution is 5.65. The maximum atomic E-state index is 11.4. The van der Waals surface area contributed by atoms with E-state index in [9.17, 15) is 5.11 Å². The van der Waals surface area contributed by atoms with Crippen molar-refractivity contribution in [2.75, 3.05) is 4.90 Å². The number of benzene rings is 1. The van der Waals surface area contributed by atoms with Gasteiger partial charge in [0.2, 0.25) is 0 Å². The van der Waals surface area contributed by atoms with E-state index in [2.05, 4.69) is 68.5 Å². The van der Waals surface area contributed by atoms with Crippen molar-refractivity contribution < 1.29 is 5.11 Å². The molecule has 0 radical (unpaired) electrons. The van der Waals surface area contributed by atoms with Crippen LogP contribution < -0.4 is 4.90 Å². The van der Waals surface area contributed by atoms with Gasteiger partial charge in [0.1, 0.15) is 5.75 Å². The van der Waals surface area contributed by atoms with Crippen LogP contribution in [0.25, 0.3) is 0 Å². The standard InChI is InChI=1S/C26H33N3O/c1-25(2,3)19-15-22(26(4,5)6)24(30)23(16-19)29(17-20-11-7-9-13-27-20)18-21-12-8-10-14-28-21/h7-16,30H,17-18H2,1-6H3. The molecule has 0 aliphatic rings. The first kappa shape index (κ1) is 21.8. The first-order valence-corrected chi connectivity index (χ1v) is 10.5. The number of aromatic nitrogens is 2. The molecule has 0 spiro atoms. The molecule has 30 heavy (non-hydrogen) atoms. The zero-order valence-electron chi connectivity index (χ0n) is 19.0. The van der Waals surface area contributed by atoms with E-state index in [0.29, 0.717) is 18.8 Å². The molecule has 0 unspecified atom stereocenters. The molecule has 2 heterocycles. The summed E-state index contributed by atoms with van der Waals surface area (Å²) in [6, 6.07) is 16.1. The van der Waals surface area contributed by atoms with Crippen molar-refractivity contribution in [3.8, 4) is 5.75 Å².